The van der Waals surface area contributed by atoms with Crippen molar-refractivity contribution in [1.82, 2.24) is 0 Å². The van der Waals surface area contributed by atoms with Gasteiger partial charge in [-0.25, -0.2) is 0 Å². The fourth-order valence-corrected chi connectivity index (χ4v) is 3.04. The van der Waals surface area contributed by atoms with Crippen LogP contribution in [0.5, 0.6) is 11.5 Å². The number of hydrogen-bond acceptors (Lipinski definition) is 4. The zero-order chi connectivity index (χ0) is 14.8. The summed E-state index contributed by atoms with van der Waals surface area (Å²) >= 11 is 1.74. The molecule has 0 fully saturated rings. The predicted octanol–water partition coefficient (Wildman–Crippen LogP) is 3.94. The fourth-order valence-electron chi connectivity index (χ4n) is 2.63. The van der Waals surface area contributed by atoms with Gasteiger partial charge in [-0.1, -0.05) is 12.1 Å². The van der Waals surface area contributed by atoms with Crippen molar-refractivity contribution in [3.63, 3.8) is 0 Å². The van der Waals surface area contributed by atoms with Crippen molar-refractivity contribution in [3.05, 3.63) is 53.6 Å². The maximum Gasteiger partial charge on any atom is 0.126 e. The zero-order valence-electron chi connectivity index (χ0n) is 12.2. The molecular formula is C17H19NO2S. The standard InChI is InChI=1S/C17H19NO2S/c1-19-12-5-8-16-14(9-12)15(18)10-17(20-16)11-3-6-13(21-2)7-4-11/h3-9,15,17H,10,18H2,1-2H3. The van der Waals surface area contributed by atoms with Crippen molar-refractivity contribution >= 4 is 11.8 Å². The third-order valence-electron chi connectivity index (χ3n) is 3.84. The van der Waals surface area contributed by atoms with Gasteiger partial charge in [-0.3, -0.25) is 0 Å². The SMILES string of the molecule is COc1ccc2c(c1)C(N)CC(c1ccc(SC)cc1)O2. The molecule has 3 nitrogen and oxygen atoms in total. The molecule has 0 amide bonds. The molecule has 1 heterocycles. The first-order valence-corrected chi connectivity index (χ1v) is 8.18. The van der Waals surface area contributed by atoms with Crippen LogP contribution in [0.2, 0.25) is 0 Å². The van der Waals surface area contributed by atoms with Crippen LogP contribution in [0.15, 0.2) is 47.4 Å². The van der Waals surface area contributed by atoms with Gasteiger partial charge in [-0.2, -0.15) is 0 Å². The number of methoxy groups -OCH3 is 1. The van der Waals surface area contributed by atoms with Crippen LogP contribution in [0.3, 0.4) is 0 Å². The monoisotopic (exact) mass is 301 g/mol. The van der Waals surface area contributed by atoms with Gasteiger partial charge in [0.05, 0.1) is 7.11 Å². The second-order valence-corrected chi connectivity index (χ2v) is 6.01. The van der Waals surface area contributed by atoms with Gasteiger partial charge in [0.15, 0.2) is 0 Å². The minimum Gasteiger partial charge on any atom is -0.497 e. The number of rotatable bonds is 3. The van der Waals surface area contributed by atoms with Gasteiger partial charge >= 0.3 is 0 Å². The molecule has 0 saturated heterocycles. The van der Waals surface area contributed by atoms with Crippen molar-refractivity contribution in [1.29, 1.82) is 0 Å². The fraction of sp³-hybridized carbons (Fsp3) is 0.294. The molecule has 3 rings (SSSR count). The van der Waals surface area contributed by atoms with Crippen LogP contribution in [0, 0.1) is 0 Å². The molecule has 0 spiro atoms. The Morgan fingerprint density at radius 1 is 1.19 bits per heavy atom. The van der Waals surface area contributed by atoms with E-state index in [9.17, 15) is 0 Å². The van der Waals surface area contributed by atoms with E-state index in [1.165, 1.54) is 10.5 Å². The van der Waals surface area contributed by atoms with Crippen molar-refractivity contribution in [3.8, 4) is 11.5 Å². The lowest BCUT2D eigenvalue weighted by Crippen LogP contribution is -2.24. The molecule has 2 N–H and O–H groups in total. The summed E-state index contributed by atoms with van der Waals surface area (Å²) in [5.41, 5.74) is 8.50. The Kier molecular flexibility index (Phi) is 4.08. The summed E-state index contributed by atoms with van der Waals surface area (Å²) in [4.78, 5) is 1.25. The van der Waals surface area contributed by atoms with Gasteiger partial charge in [-0.15, -0.1) is 11.8 Å². The Morgan fingerprint density at radius 3 is 2.62 bits per heavy atom. The van der Waals surface area contributed by atoms with Crippen molar-refractivity contribution in [2.75, 3.05) is 13.4 Å². The molecule has 2 unspecified atom stereocenters. The highest BCUT2D eigenvalue weighted by Gasteiger charge is 2.27. The Morgan fingerprint density at radius 2 is 1.95 bits per heavy atom. The molecule has 21 heavy (non-hydrogen) atoms. The van der Waals surface area contributed by atoms with Crippen LogP contribution in [0.25, 0.3) is 0 Å². The van der Waals surface area contributed by atoms with Gasteiger partial charge in [0.1, 0.15) is 17.6 Å². The first-order chi connectivity index (χ1) is 10.2. The predicted molar refractivity (Wildman–Crippen MR) is 86.1 cm³/mol. The van der Waals surface area contributed by atoms with Crippen LogP contribution in [0.1, 0.15) is 29.7 Å². The molecule has 0 saturated carbocycles. The van der Waals surface area contributed by atoms with Crippen LogP contribution >= 0.6 is 11.8 Å². The summed E-state index contributed by atoms with van der Waals surface area (Å²) in [5.74, 6) is 1.67. The molecule has 4 heteroatoms. The summed E-state index contributed by atoms with van der Waals surface area (Å²) in [7, 11) is 1.66. The van der Waals surface area contributed by atoms with E-state index in [-0.39, 0.29) is 12.1 Å². The normalized spacial score (nSPS) is 20.5. The number of ether oxygens (including phenoxy) is 2. The minimum atomic E-state index is -0.0333. The topological polar surface area (TPSA) is 44.5 Å². The molecule has 2 atom stereocenters. The highest BCUT2D eigenvalue weighted by molar-refractivity contribution is 7.98. The van der Waals surface area contributed by atoms with E-state index in [2.05, 4.69) is 30.5 Å². The van der Waals surface area contributed by atoms with Crippen LogP contribution in [-0.2, 0) is 0 Å². The number of nitrogens with two attached hydrogens (primary N) is 1. The quantitative estimate of drug-likeness (QED) is 0.872. The second-order valence-electron chi connectivity index (χ2n) is 5.13. The molecule has 2 aromatic rings. The summed E-state index contributed by atoms with van der Waals surface area (Å²) in [5, 5.41) is 0. The van der Waals surface area contributed by atoms with E-state index in [1.54, 1.807) is 18.9 Å². The van der Waals surface area contributed by atoms with Crippen LogP contribution in [0.4, 0.5) is 0 Å². The van der Waals surface area contributed by atoms with E-state index in [1.807, 2.05) is 18.2 Å². The number of thioether (sulfide) groups is 1. The lowest BCUT2D eigenvalue weighted by atomic mass is 9.93. The Balaban J connectivity index is 1.87. The van der Waals surface area contributed by atoms with Gasteiger partial charge in [0, 0.05) is 22.9 Å². The minimum absolute atomic E-state index is 0.0109. The summed E-state index contributed by atoms with van der Waals surface area (Å²) < 4.78 is 11.4. The summed E-state index contributed by atoms with van der Waals surface area (Å²) in [6, 6.07) is 14.3. The highest BCUT2D eigenvalue weighted by Crippen LogP contribution is 2.41. The van der Waals surface area contributed by atoms with Crippen LogP contribution in [-0.4, -0.2) is 13.4 Å². The zero-order valence-corrected chi connectivity index (χ0v) is 13.0. The van der Waals surface area contributed by atoms with Gasteiger partial charge in [-0.05, 0) is 42.2 Å². The third-order valence-corrected chi connectivity index (χ3v) is 4.58. The largest absolute Gasteiger partial charge is 0.497 e. The number of fused-ring (bicyclic) bond motifs is 1. The maximum absolute atomic E-state index is 6.31. The van der Waals surface area contributed by atoms with E-state index < -0.39 is 0 Å². The molecular weight excluding hydrogens is 282 g/mol. The highest BCUT2D eigenvalue weighted by atomic mass is 32.2. The van der Waals surface area contributed by atoms with Gasteiger partial charge in [0.2, 0.25) is 0 Å². The summed E-state index contributed by atoms with van der Waals surface area (Å²) in [6.45, 7) is 0. The summed E-state index contributed by atoms with van der Waals surface area (Å²) in [6.07, 6.45) is 2.86. The van der Waals surface area contributed by atoms with E-state index in [4.69, 9.17) is 15.2 Å². The third kappa shape index (κ3) is 2.87. The van der Waals surface area contributed by atoms with E-state index in [0.29, 0.717) is 0 Å². The lowest BCUT2D eigenvalue weighted by Gasteiger charge is -2.31. The van der Waals surface area contributed by atoms with Gasteiger partial charge < -0.3 is 15.2 Å². The molecule has 2 aromatic carbocycles. The first kappa shape index (κ1) is 14.3. The average Bonchev–Trinajstić information content (AvgIpc) is 2.54. The number of hydrogen-bond donors (Lipinski definition) is 1. The Labute approximate surface area is 129 Å². The van der Waals surface area contributed by atoms with E-state index >= 15 is 0 Å². The molecule has 110 valence electrons. The first-order valence-electron chi connectivity index (χ1n) is 6.95. The molecule has 0 radical (unpaired) electrons. The van der Waals surface area contributed by atoms with Gasteiger partial charge in [0.25, 0.3) is 0 Å². The van der Waals surface area contributed by atoms with Crippen molar-refractivity contribution in [2.24, 2.45) is 5.73 Å². The second kappa shape index (κ2) is 6.00. The molecule has 0 aliphatic carbocycles. The van der Waals surface area contributed by atoms with E-state index in [0.717, 1.165) is 23.5 Å². The van der Waals surface area contributed by atoms with Crippen molar-refractivity contribution in [2.45, 2.75) is 23.5 Å². The lowest BCUT2D eigenvalue weighted by molar-refractivity contribution is 0.161. The number of benzene rings is 2. The molecule has 1 aliphatic rings. The molecule has 0 aromatic heterocycles. The van der Waals surface area contributed by atoms with Crippen molar-refractivity contribution < 1.29 is 9.47 Å². The molecule has 1 aliphatic heterocycles. The smallest absolute Gasteiger partial charge is 0.126 e. The van der Waals surface area contributed by atoms with Crippen LogP contribution < -0.4 is 15.2 Å². The Bertz CT molecular complexity index is 627. The molecule has 0 bridgehead atoms. The maximum atomic E-state index is 6.31. The average molecular weight is 301 g/mol. The Hall–Kier alpha value is -1.65.